The second-order valence-electron chi connectivity index (χ2n) is 7.74. The van der Waals surface area contributed by atoms with E-state index in [4.69, 9.17) is 4.74 Å². The minimum Gasteiger partial charge on any atom is -0.452 e. The first-order valence-corrected chi connectivity index (χ1v) is 11.8. The summed E-state index contributed by atoms with van der Waals surface area (Å²) in [6.45, 7) is 2.40. The SMILES string of the molecule is Cc1ccc(S(=O)(=O)N2CCN(C(=O)COC(=O)c3ccc4ccccc4c3)CC2)cc1. The summed E-state index contributed by atoms with van der Waals surface area (Å²) in [5, 5.41) is 1.93. The number of amides is 1. The molecule has 0 spiro atoms. The van der Waals surface area contributed by atoms with E-state index in [2.05, 4.69) is 0 Å². The van der Waals surface area contributed by atoms with Gasteiger partial charge >= 0.3 is 5.97 Å². The second kappa shape index (κ2) is 9.10. The number of benzene rings is 3. The Hall–Kier alpha value is -3.23. The molecule has 0 unspecified atom stereocenters. The first-order chi connectivity index (χ1) is 15.3. The number of nitrogens with zero attached hydrogens (tertiary/aromatic N) is 2. The second-order valence-corrected chi connectivity index (χ2v) is 9.67. The van der Waals surface area contributed by atoms with Crippen LogP contribution >= 0.6 is 0 Å². The predicted octanol–water partition coefficient (Wildman–Crippen LogP) is 2.84. The van der Waals surface area contributed by atoms with Gasteiger partial charge in [-0.3, -0.25) is 4.79 Å². The molecule has 1 aliphatic heterocycles. The third-order valence-electron chi connectivity index (χ3n) is 5.56. The largest absolute Gasteiger partial charge is 0.452 e. The molecule has 1 fully saturated rings. The van der Waals surface area contributed by atoms with Crippen LogP contribution in [-0.2, 0) is 19.6 Å². The van der Waals surface area contributed by atoms with Crippen LogP contribution in [0.3, 0.4) is 0 Å². The fourth-order valence-electron chi connectivity index (χ4n) is 3.66. The molecule has 7 nitrogen and oxygen atoms in total. The van der Waals surface area contributed by atoms with Crippen LogP contribution in [0.1, 0.15) is 15.9 Å². The van der Waals surface area contributed by atoms with Crippen molar-refractivity contribution in [1.82, 2.24) is 9.21 Å². The van der Waals surface area contributed by atoms with Gasteiger partial charge in [-0.25, -0.2) is 13.2 Å². The maximum Gasteiger partial charge on any atom is 0.338 e. The van der Waals surface area contributed by atoms with Gasteiger partial charge in [-0.2, -0.15) is 4.31 Å². The lowest BCUT2D eigenvalue weighted by Crippen LogP contribution is -2.51. The number of carbonyl (C=O) groups is 2. The highest BCUT2D eigenvalue weighted by Crippen LogP contribution is 2.19. The number of aryl methyl sites for hydroxylation is 1. The summed E-state index contributed by atoms with van der Waals surface area (Å²) >= 11 is 0. The molecule has 1 aliphatic rings. The van der Waals surface area contributed by atoms with Crippen LogP contribution < -0.4 is 0 Å². The number of hydrogen-bond donors (Lipinski definition) is 0. The van der Waals surface area contributed by atoms with Gasteiger partial charge in [0.25, 0.3) is 5.91 Å². The summed E-state index contributed by atoms with van der Waals surface area (Å²) < 4.78 is 32.2. The zero-order valence-electron chi connectivity index (χ0n) is 17.7. The van der Waals surface area contributed by atoms with Gasteiger partial charge in [0.2, 0.25) is 10.0 Å². The molecule has 0 aromatic heterocycles. The third-order valence-corrected chi connectivity index (χ3v) is 7.47. The highest BCUT2D eigenvalue weighted by Gasteiger charge is 2.30. The molecule has 166 valence electrons. The zero-order valence-corrected chi connectivity index (χ0v) is 18.5. The average molecular weight is 453 g/mol. The molecule has 0 bridgehead atoms. The minimum atomic E-state index is -3.60. The number of rotatable bonds is 5. The Morgan fingerprint density at radius 2 is 1.53 bits per heavy atom. The van der Waals surface area contributed by atoms with Crippen molar-refractivity contribution in [2.75, 3.05) is 32.8 Å². The monoisotopic (exact) mass is 452 g/mol. The lowest BCUT2D eigenvalue weighted by atomic mass is 10.1. The highest BCUT2D eigenvalue weighted by atomic mass is 32.2. The summed E-state index contributed by atoms with van der Waals surface area (Å²) in [6, 6.07) is 19.6. The standard InChI is InChI=1S/C24H24N2O5S/c1-18-6-10-22(11-7-18)32(29,30)26-14-12-25(13-15-26)23(27)17-31-24(28)21-9-8-19-4-2-3-5-20(19)16-21/h2-11,16H,12-15,17H2,1H3. The molecule has 8 heteroatoms. The Bertz CT molecular complexity index is 1250. The lowest BCUT2D eigenvalue weighted by Gasteiger charge is -2.33. The van der Waals surface area contributed by atoms with Crippen LogP contribution in [0.4, 0.5) is 0 Å². The minimum absolute atomic E-state index is 0.195. The van der Waals surface area contributed by atoms with Crippen LogP contribution in [0.15, 0.2) is 71.6 Å². The van der Waals surface area contributed by atoms with Crippen molar-refractivity contribution in [3.8, 4) is 0 Å². The van der Waals surface area contributed by atoms with Gasteiger partial charge in [0.05, 0.1) is 10.5 Å². The smallest absolute Gasteiger partial charge is 0.338 e. The van der Waals surface area contributed by atoms with E-state index in [-0.39, 0.29) is 43.6 Å². The van der Waals surface area contributed by atoms with E-state index >= 15 is 0 Å². The zero-order chi connectivity index (χ0) is 22.7. The summed E-state index contributed by atoms with van der Waals surface area (Å²) in [5.41, 5.74) is 1.36. The van der Waals surface area contributed by atoms with Gasteiger partial charge in [0.15, 0.2) is 6.61 Å². The summed E-state index contributed by atoms with van der Waals surface area (Å²) in [7, 11) is -3.60. The maximum absolute atomic E-state index is 12.8. The fraction of sp³-hybridized carbons (Fsp3) is 0.250. The first-order valence-electron chi connectivity index (χ1n) is 10.3. The normalized spacial score (nSPS) is 15.0. The highest BCUT2D eigenvalue weighted by molar-refractivity contribution is 7.89. The Balaban J connectivity index is 1.31. The molecule has 1 heterocycles. The van der Waals surface area contributed by atoms with E-state index in [0.717, 1.165) is 16.3 Å². The number of ether oxygens (including phenoxy) is 1. The topological polar surface area (TPSA) is 84.0 Å². The van der Waals surface area contributed by atoms with Crippen LogP contribution in [0.2, 0.25) is 0 Å². The molecule has 0 radical (unpaired) electrons. The summed E-state index contributed by atoms with van der Waals surface area (Å²) in [6.07, 6.45) is 0. The number of fused-ring (bicyclic) bond motifs is 1. The number of carbonyl (C=O) groups excluding carboxylic acids is 2. The molecule has 1 saturated heterocycles. The molecule has 4 rings (SSSR count). The van der Waals surface area contributed by atoms with Crippen LogP contribution in [0.5, 0.6) is 0 Å². The maximum atomic E-state index is 12.8. The van der Waals surface area contributed by atoms with Crippen molar-refractivity contribution in [1.29, 1.82) is 0 Å². The molecular weight excluding hydrogens is 428 g/mol. The Labute approximate surface area is 187 Å². The Morgan fingerprint density at radius 1 is 0.875 bits per heavy atom. The predicted molar refractivity (Wildman–Crippen MR) is 121 cm³/mol. The van der Waals surface area contributed by atoms with Crippen LogP contribution in [0.25, 0.3) is 10.8 Å². The quantitative estimate of drug-likeness (QED) is 0.556. The molecule has 0 N–H and O–H groups in total. The number of esters is 1. The van der Waals surface area contributed by atoms with E-state index in [1.54, 1.807) is 36.4 Å². The summed E-state index contributed by atoms with van der Waals surface area (Å²) in [5.74, 6) is -0.906. The van der Waals surface area contributed by atoms with Gasteiger partial charge < -0.3 is 9.64 Å². The van der Waals surface area contributed by atoms with Gasteiger partial charge in [0, 0.05) is 26.2 Å². The molecule has 32 heavy (non-hydrogen) atoms. The Morgan fingerprint density at radius 3 is 2.22 bits per heavy atom. The Kier molecular flexibility index (Phi) is 6.25. The van der Waals surface area contributed by atoms with Crippen LogP contribution in [-0.4, -0.2) is 62.3 Å². The molecule has 0 aliphatic carbocycles. The van der Waals surface area contributed by atoms with E-state index in [1.165, 1.54) is 9.21 Å². The molecule has 3 aromatic carbocycles. The van der Waals surface area contributed by atoms with E-state index in [0.29, 0.717) is 5.56 Å². The van der Waals surface area contributed by atoms with Crippen molar-refractivity contribution in [3.05, 3.63) is 77.9 Å². The molecular formula is C24H24N2O5S. The van der Waals surface area contributed by atoms with Crippen molar-refractivity contribution < 1.29 is 22.7 Å². The van der Waals surface area contributed by atoms with Crippen molar-refractivity contribution in [3.63, 3.8) is 0 Å². The van der Waals surface area contributed by atoms with E-state index in [9.17, 15) is 18.0 Å². The lowest BCUT2D eigenvalue weighted by molar-refractivity contribution is -0.135. The van der Waals surface area contributed by atoms with Gasteiger partial charge in [-0.05, 0) is 42.0 Å². The molecule has 1 amide bonds. The third kappa shape index (κ3) is 4.66. The number of sulfonamides is 1. The van der Waals surface area contributed by atoms with Gasteiger partial charge in [-0.1, -0.05) is 48.0 Å². The van der Waals surface area contributed by atoms with Crippen molar-refractivity contribution >= 4 is 32.7 Å². The number of piperazine rings is 1. The number of hydrogen-bond acceptors (Lipinski definition) is 5. The van der Waals surface area contributed by atoms with E-state index < -0.39 is 16.0 Å². The van der Waals surface area contributed by atoms with Gasteiger partial charge in [-0.15, -0.1) is 0 Å². The molecule has 3 aromatic rings. The first kappa shape index (κ1) is 22.0. The van der Waals surface area contributed by atoms with E-state index in [1.807, 2.05) is 37.3 Å². The van der Waals surface area contributed by atoms with Crippen molar-refractivity contribution in [2.45, 2.75) is 11.8 Å². The van der Waals surface area contributed by atoms with Gasteiger partial charge in [0.1, 0.15) is 0 Å². The fourth-order valence-corrected chi connectivity index (χ4v) is 5.08. The van der Waals surface area contributed by atoms with Crippen molar-refractivity contribution in [2.24, 2.45) is 0 Å². The van der Waals surface area contributed by atoms with Crippen LogP contribution in [0, 0.1) is 6.92 Å². The summed E-state index contributed by atoms with van der Waals surface area (Å²) in [4.78, 5) is 26.6. The molecule has 0 saturated carbocycles. The average Bonchev–Trinajstić information content (AvgIpc) is 2.82. The molecule has 0 atom stereocenters.